The van der Waals surface area contributed by atoms with Crippen molar-refractivity contribution in [1.82, 2.24) is 10.3 Å². The molecule has 2 aromatic rings. The lowest BCUT2D eigenvalue weighted by molar-refractivity contribution is 0.438. The lowest BCUT2D eigenvalue weighted by Crippen LogP contribution is -2.20. The zero-order valence-electron chi connectivity index (χ0n) is 9.80. The number of hydrogen-bond donors (Lipinski definition) is 1. The van der Waals surface area contributed by atoms with E-state index in [0.29, 0.717) is 0 Å². The van der Waals surface area contributed by atoms with Crippen molar-refractivity contribution in [2.24, 2.45) is 0 Å². The third kappa shape index (κ3) is 3.91. The summed E-state index contributed by atoms with van der Waals surface area (Å²) in [5.41, 5.74) is 0. The monoisotopic (exact) mass is 248 g/mol. The first-order chi connectivity index (χ1) is 8.36. The van der Waals surface area contributed by atoms with Crippen molar-refractivity contribution in [1.29, 1.82) is 0 Å². The molecule has 17 heavy (non-hydrogen) atoms. The Balaban J connectivity index is 1.67. The van der Waals surface area contributed by atoms with Crippen LogP contribution in [0.25, 0.3) is 0 Å². The summed E-state index contributed by atoms with van der Waals surface area (Å²) in [6.07, 6.45) is 3.53. The predicted octanol–water partition coefficient (Wildman–Crippen LogP) is 3.12. The maximum absolute atomic E-state index is 5.33. The lowest BCUT2D eigenvalue weighted by atomic mass is 10.2. The van der Waals surface area contributed by atoms with Crippen LogP contribution in [-0.2, 0) is 0 Å². The van der Waals surface area contributed by atoms with Gasteiger partial charge in [0.1, 0.15) is 5.76 Å². The Morgan fingerprint density at radius 1 is 1.35 bits per heavy atom. The van der Waals surface area contributed by atoms with Gasteiger partial charge in [-0.25, -0.2) is 4.98 Å². The number of aromatic nitrogens is 1. The fourth-order valence-electron chi connectivity index (χ4n) is 1.50. The van der Waals surface area contributed by atoms with Crippen molar-refractivity contribution in [3.05, 3.63) is 48.6 Å². The normalized spacial score (nSPS) is 12.5. The zero-order chi connectivity index (χ0) is 11.9. The molecule has 4 heteroatoms. The third-order valence-electron chi connectivity index (χ3n) is 2.41. The van der Waals surface area contributed by atoms with Crippen LogP contribution in [0, 0.1) is 0 Å². The highest BCUT2D eigenvalue weighted by atomic mass is 32.2. The van der Waals surface area contributed by atoms with E-state index in [1.54, 1.807) is 18.0 Å². The molecular formula is C13H16N2OS. The van der Waals surface area contributed by atoms with E-state index in [4.69, 9.17) is 4.42 Å². The number of hydrogen-bond acceptors (Lipinski definition) is 4. The second-order valence-electron chi connectivity index (χ2n) is 3.71. The fraction of sp³-hybridized carbons (Fsp3) is 0.308. The predicted molar refractivity (Wildman–Crippen MR) is 70.1 cm³/mol. The molecule has 2 rings (SSSR count). The van der Waals surface area contributed by atoms with Gasteiger partial charge in [0.25, 0.3) is 0 Å². The molecule has 0 radical (unpaired) electrons. The van der Waals surface area contributed by atoms with Crippen molar-refractivity contribution < 1.29 is 4.42 Å². The SMILES string of the molecule is CC(NCCSc1ccccn1)c1ccco1. The number of thioether (sulfide) groups is 1. The Hall–Kier alpha value is -1.26. The Bertz CT molecular complexity index is 416. The van der Waals surface area contributed by atoms with Gasteiger partial charge in [0.15, 0.2) is 0 Å². The molecule has 1 N–H and O–H groups in total. The van der Waals surface area contributed by atoms with Gasteiger partial charge in [-0.1, -0.05) is 6.07 Å². The molecule has 0 saturated heterocycles. The summed E-state index contributed by atoms with van der Waals surface area (Å²) in [6, 6.07) is 10.1. The maximum Gasteiger partial charge on any atom is 0.120 e. The summed E-state index contributed by atoms with van der Waals surface area (Å²) in [5.74, 6) is 1.98. The van der Waals surface area contributed by atoms with Crippen LogP contribution < -0.4 is 5.32 Å². The van der Waals surface area contributed by atoms with Gasteiger partial charge in [-0.15, -0.1) is 11.8 Å². The highest BCUT2D eigenvalue weighted by molar-refractivity contribution is 7.99. The maximum atomic E-state index is 5.33. The van der Waals surface area contributed by atoms with Crippen LogP contribution in [-0.4, -0.2) is 17.3 Å². The Labute approximate surface area is 106 Å². The topological polar surface area (TPSA) is 38.1 Å². The number of furan rings is 1. The van der Waals surface area contributed by atoms with E-state index in [-0.39, 0.29) is 6.04 Å². The van der Waals surface area contributed by atoms with Crippen molar-refractivity contribution in [2.75, 3.05) is 12.3 Å². The second-order valence-corrected chi connectivity index (χ2v) is 4.82. The quantitative estimate of drug-likeness (QED) is 0.629. The van der Waals surface area contributed by atoms with E-state index >= 15 is 0 Å². The molecule has 0 aliphatic carbocycles. The lowest BCUT2D eigenvalue weighted by Gasteiger charge is -2.10. The molecule has 2 aromatic heterocycles. The van der Waals surface area contributed by atoms with E-state index in [2.05, 4.69) is 17.2 Å². The van der Waals surface area contributed by atoms with Crippen LogP contribution >= 0.6 is 11.8 Å². The van der Waals surface area contributed by atoms with Crippen LogP contribution in [0.4, 0.5) is 0 Å². The zero-order valence-corrected chi connectivity index (χ0v) is 10.6. The molecule has 2 heterocycles. The minimum atomic E-state index is 0.259. The Morgan fingerprint density at radius 3 is 3.00 bits per heavy atom. The molecule has 0 aliphatic rings. The molecule has 0 spiro atoms. The summed E-state index contributed by atoms with van der Waals surface area (Å²) in [4.78, 5) is 4.26. The van der Waals surface area contributed by atoms with Crippen LogP contribution in [0.1, 0.15) is 18.7 Å². The van der Waals surface area contributed by atoms with E-state index in [9.17, 15) is 0 Å². The first kappa shape index (κ1) is 12.2. The van der Waals surface area contributed by atoms with Gasteiger partial charge in [-0.05, 0) is 31.2 Å². The van der Waals surface area contributed by atoms with Crippen molar-refractivity contribution in [3.63, 3.8) is 0 Å². The van der Waals surface area contributed by atoms with E-state index in [0.717, 1.165) is 23.1 Å². The molecule has 3 nitrogen and oxygen atoms in total. The average Bonchev–Trinajstić information content (AvgIpc) is 2.89. The molecule has 0 aliphatic heterocycles. The number of nitrogens with one attached hydrogen (secondary N) is 1. The summed E-state index contributed by atoms with van der Waals surface area (Å²) in [6.45, 7) is 3.04. The number of rotatable bonds is 6. The Kier molecular flexibility index (Phi) is 4.64. The van der Waals surface area contributed by atoms with Crippen molar-refractivity contribution >= 4 is 11.8 Å². The van der Waals surface area contributed by atoms with Crippen molar-refractivity contribution in [3.8, 4) is 0 Å². The average molecular weight is 248 g/mol. The van der Waals surface area contributed by atoms with E-state index in [1.807, 2.05) is 36.5 Å². The van der Waals surface area contributed by atoms with Gasteiger partial charge >= 0.3 is 0 Å². The van der Waals surface area contributed by atoms with Crippen molar-refractivity contribution in [2.45, 2.75) is 18.0 Å². The minimum Gasteiger partial charge on any atom is -0.468 e. The molecule has 1 atom stereocenters. The van der Waals surface area contributed by atoms with Gasteiger partial charge in [-0.2, -0.15) is 0 Å². The van der Waals surface area contributed by atoms with Crippen LogP contribution in [0.15, 0.2) is 52.2 Å². The van der Waals surface area contributed by atoms with Crippen LogP contribution in [0.5, 0.6) is 0 Å². The standard InChI is InChI=1S/C13H16N2OS/c1-11(12-5-4-9-16-12)14-8-10-17-13-6-2-3-7-15-13/h2-7,9,11,14H,8,10H2,1H3. The first-order valence-corrected chi connectivity index (χ1v) is 6.65. The molecule has 0 bridgehead atoms. The van der Waals surface area contributed by atoms with Crippen LogP contribution in [0.3, 0.4) is 0 Å². The molecule has 1 unspecified atom stereocenters. The summed E-state index contributed by atoms with van der Waals surface area (Å²) in [5, 5.41) is 4.48. The van der Waals surface area contributed by atoms with Gasteiger partial charge in [0, 0.05) is 18.5 Å². The third-order valence-corrected chi connectivity index (χ3v) is 3.36. The number of nitrogens with zero attached hydrogens (tertiary/aromatic N) is 1. The highest BCUT2D eigenvalue weighted by Gasteiger charge is 2.06. The summed E-state index contributed by atoms with van der Waals surface area (Å²) < 4.78 is 5.33. The summed E-state index contributed by atoms with van der Waals surface area (Å²) in [7, 11) is 0. The van der Waals surface area contributed by atoms with Gasteiger partial charge < -0.3 is 9.73 Å². The second kappa shape index (κ2) is 6.47. The molecule has 0 fully saturated rings. The first-order valence-electron chi connectivity index (χ1n) is 5.67. The molecule has 0 amide bonds. The largest absolute Gasteiger partial charge is 0.468 e. The van der Waals surface area contributed by atoms with E-state index < -0.39 is 0 Å². The highest BCUT2D eigenvalue weighted by Crippen LogP contribution is 2.15. The summed E-state index contributed by atoms with van der Waals surface area (Å²) >= 11 is 1.76. The molecule has 90 valence electrons. The van der Waals surface area contributed by atoms with Crippen LogP contribution in [0.2, 0.25) is 0 Å². The number of pyridine rings is 1. The van der Waals surface area contributed by atoms with E-state index in [1.165, 1.54) is 0 Å². The molecule has 0 saturated carbocycles. The van der Waals surface area contributed by atoms with Gasteiger partial charge in [-0.3, -0.25) is 0 Å². The fourth-order valence-corrected chi connectivity index (χ4v) is 2.24. The van der Waals surface area contributed by atoms with Gasteiger partial charge in [0.2, 0.25) is 0 Å². The Morgan fingerprint density at radius 2 is 2.29 bits per heavy atom. The molecule has 0 aromatic carbocycles. The molecular weight excluding hydrogens is 232 g/mol. The minimum absolute atomic E-state index is 0.259. The van der Waals surface area contributed by atoms with Gasteiger partial charge in [0.05, 0.1) is 17.3 Å². The smallest absolute Gasteiger partial charge is 0.120 e.